The fourth-order valence-electron chi connectivity index (χ4n) is 3.14. The lowest BCUT2D eigenvalue weighted by atomic mass is 10.0. The number of halogens is 1. The molecule has 20 heavy (non-hydrogen) atoms. The van der Waals surface area contributed by atoms with Crippen LogP contribution in [0.15, 0.2) is 30.6 Å². The molecule has 0 amide bonds. The normalized spacial score (nSPS) is 13.9. The molecule has 1 aromatic carbocycles. The molecule has 0 radical (unpaired) electrons. The zero-order chi connectivity index (χ0) is 13.7. The first-order valence-corrected chi connectivity index (χ1v) is 7.22. The molecule has 2 aromatic heterocycles. The second kappa shape index (κ2) is 4.32. The SMILES string of the molecule is Cc1cnc(Cl)nc1-c1cn2c3c(cccc13)CCC2. The highest BCUT2D eigenvalue weighted by atomic mass is 35.5. The minimum absolute atomic E-state index is 0.303. The number of nitrogens with zero attached hydrogens (tertiary/aromatic N) is 3. The molecule has 0 spiro atoms. The molecule has 4 rings (SSSR count). The monoisotopic (exact) mass is 283 g/mol. The summed E-state index contributed by atoms with van der Waals surface area (Å²) in [6.07, 6.45) is 6.35. The molecule has 0 unspecified atom stereocenters. The lowest BCUT2D eigenvalue weighted by molar-refractivity contribution is 0.636. The summed E-state index contributed by atoms with van der Waals surface area (Å²) in [5.74, 6) is 0. The van der Waals surface area contributed by atoms with Crippen molar-refractivity contribution in [2.75, 3.05) is 0 Å². The molecule has 3 nitrogen and oxygen atoms in total. The number of benzene rings is 1. The molecule has 0 saturated carbocycles. The second-order valence-electron chi connectivity index (χ2n) is 5.32. The van der Waals surface area contributed by atoms with Crippen LogP contribution in [-0.4, -0.2) is 14.5 Å². The van der Waals surface area contributed by atoms with E-state index in [1.807, 2.05) is 6.92 Å². The van der Waals surface area contributed by atoms with E-state index in [1.54, 1.807) is 6.20 Å². The molecule has 0 fully saturated rings. The van der Waals surface area contributed by atoms with Crippen LogP contribution in [0.25, 0.3) is 22.2 Å². The number of rotatable bonds is 1. The Bertz CT molecular complexity index is 820. The smallest absolute Gasteiger partial charge is 0.222 e. The van der Waals surface area contributed by atoms with E-state index in [2.05, 4.69) is 38.9 Å². The van der Waals surface area contributed by atoms with Gasteiger partial charge in [-0.05, 0) is 42.5 Å². The Hall–Kier alpha value is -1.87. The Morgan fingerprint density at radius 1 is 1.30 bits per heavy atom. The Labute approximate surface area is 122 Å². The Morgan fingerprint density at radius 3 is 3.10 bits per heavy atom. The summed E-state index contributed by atoms with van der Waals surface area (Å²) in [7, 11) is 0. The first kappa shape index (κ1) is 11.9. The van der Waals surface area contributed by atoms with Gasteiger partial charge in [0.1, 0.15) is 0 Å². The van der Waals surface area contributed by atoms with Crippen LogP contribution in [0.5, 0.6) is 0 Å². The average molecular weight is 284 g/mol. The van der Waals surface area contributed by atoms with Gasteiger partial charge < -0.3 is 4.57 Å². The predicted molar refractivity (Wildman–Crippen MR) is 81.0 cm³/mol. The molecule has 100 valence electrons. The van der Waals surface area contributed by atoms with Crippen LogP contribution in [0.2, 0.25) is 5.28 Å². The van der Waals surface area contributed by atoms with Crippen molar-refractivity contribution in [1.29, 1.82) is 0 Å². The van der Waals surface area contributed by atoms with E-state index in [9.17, 15) is 0 Å². The summed E-state index contributed by atoms with van der Waals surface area (Å²) < 4.78 is 2.35. The standard InChI is InChI=1S/C16H14ClN3/c1-10-8-18-16(17)19-14(10)13-9-20-7-3-5-11-4-2-6-12(13)15(11)20/h2,4,6,8-9H,3,5,7H2,1H3. The minimum atomic E-state index is 0.303. The summed E-state index contributed by atoms with van der Waals surface area (Å²) in [5.41, 5.74) is 5.93. The van der Waals surface area contributed by atoms with Crippen molar-refractivity contribution in [3.8, 4) is 11.3 Å². The van der Waals surface area contributed by atoms with E-state index in [-0.39, 0.29) is 0 Å². The molecule has 3 aromatic rings. The van der Waals surface area contributed by atoms with Crippen molar-refractivity contribution in [3.05, 3.63) is 47.0 Å². The van der Waals surface area contributed by atoms with Crippen LogP contribution in [0.4, 0.5) is 0 Å². The molecule has 3 heterocycles. The van der Waals surface area contributed by atoms with E-state index in [1.165, 1.54) is 22.9 Å². The number of hydrogen-bond acceptors (Lipinski definition) is 2. The first-order chi connectivity index (χ1) is 9.74. The largest absolute Gasteiger partial charge is 0.347 e. The fraction of sp³-hybridized carbons (Fsp3) is 0.250. The van der Waals surface area contributed by atoms with Gasteiger partial charge >= 0.3 is 0 Å². The summed E-state index contributed by atoms with van der Waals surface area (Å²) in [6, 6.07) is 6.53. The molecule has 0 atom stereocenters. The molecule has 4 heteroatoms. The van der Waals surface area contributed by atoms with Crippen LogP contribution in [0.3, 0.4) is 0 Å². The van der Waals surface area contributed by atoms with Crippen molar-refractivity contribution >= 4 is 22.5 Å². The molecule has 1 aliphatic heterocycles. The van der Waals surface area contributed by atoms with Gasteiger partial charge in [-0.25, -0.2) is 9.97 Å². The second-order valence-corrected chi connectivity index (χ2v) is 5.66. The minimum Gasteiger partial charge on any atom is -0.347 e. The van der Waals surface area contributed by atoms with Crippen LogP contribution >= 0.6 is 11.6 Å². The summed E-state index contributed by atoms with van der Waals surface area (Å²) >= 11 is 5.97. The molecule has 1 aliphatic rings. The number of hydrogen-bond donors (Lipinski definition) is 0. The summed E-state index contributed by atoms with van der Waals surface area (Å²) in [4.78, 5) is 8.48. The highest BCUT2D eigenvalue weighted by Gasteiger charge is 2.18. The van der Waals surface area contributed by atoms with Gasteiger partial charge in [-0.2, -0.15) is 0 Å². The predicted octanol–water partition coefficient (Wildman–Crippen LogP) is 4.01. The lowest BCUT2D eigenvalue weighted by Gasteiger charge is -2.14. The quantitative estimate of drug-likeness (QED) is 0.632. The van der Waals surface area contributed by atoms with Gasteiger partial charge in [-0.1, -0.05) is 18.2 Å². The van der Waals surface area contributed by atoms with Gasteiger partial charge in [0.15, 0.2) is 0 Å². The summed E-state index contributed by atoms with van der Waals surface area (Å²) in [6.45, 7) is 3.10. The van der Waals surface area contributed by atoms with E-state index in [0.717, 1.165) is 29.8 Å². The molecular formula is C16H14ClN3. The van der Waals surface area contributed by atoms with Crippen LogP contribution in [-0.2, 0) is 13.0 Å². The van der Waals surface area contributed by atoms with E-state index in [0.29, 0.717) is 5.28 Å². The average Bonchev–Trinajstić information content (AvgIpc) is 2.83. The molecular weight excluding hydrogens is 270 g/mol. The zero-order valence-corrected chi connectivity index (χ0v) is 12.0. The highest BCUT2D eigenvalue weighted by molar-refractivity contribution is 6.28. The Balaban J connectivity index is 2.07. The van der Waals surface area contributed by atoms with Gasteiger partial charge in [0.05, 0.1) is 11.2 Å². The Kier molecular flexibility index (Phi) is 2.57. The topological polar surface area (TPSA) is 30.7 Å². The van der Waals surface area contributed by atoms with E-state index >= 15 is 0 Å². The first-order valence-electron chi connectivity index (χ1n) is 6.84. The van der Waals surface area contributed by atoms with Gasteiger partial charge in [0.25, 0.3) is 0 Å². The molecule has 0 saturated heterocycles. The molecule has 0 N–H and O–H groups in total. The maximum Gasteiger partial charge on any atom is 0.222 e. The van der Waals surface area contributed by atoms with Crippen molar-refractivity contribution in [2.45, 2.75) is 26.3 Å². The van der Waals surface area contributed by atoms with E-state index < -0.39 is 0 Å². The van der Waals surface area contributed by atoms with Crippen LogP contribution < -0.4 is 0 Å². The molecule has 0 bridgehead atoms. The van der Waals surface area contributed by atoms with Gasteiger partial charge in [-0.15, -0.1) is 0 Å². The van der Waals surface area contributed by atoms with E-state index in [4.69, 9.17) is 11.6 Å². The van der Waals surface area contributed by atoms with Crippen LogP contribution in [0, 0.1) is 6.92 Å². The summed E-state index contributed by atoms with van der Waals surface area (Å²) in [5, 5.41) is 1.57. The Morgan fingerprint density at radius 2 is 2.20 bits per heavy atom. The fourth-order valence-corrected chi connectivity index (χ4v) is 3.27. The third-order valence-electron chi connectivity index (χ3n) is 4.02. The van der Waals surface area contributed by atoms with Gasteiger partial charge in [0.2, 0.25) is 5.28 Å². The van der Waals surface area contributed by atoms with Crippen molar-refractivity contribution in [1.82, 2.24) is 14.5 Å². The number of para-hydroxylation sites is 1. The van der Waals surface area contributed by atoms with Crippen molar-refractivity contribution in [3.63, 3.8) is 0 Å². The van der Waals surface area contributed by atoms with Gasteiger partial charge in [-0.3, -0.25) is 0 Å². The zero-order valence-electron chi connectivity index (χ0n) is 11.2. The maximum absolute atomic E-state index is 5.97. The van der Waals surface area contributed by atoms with Crippen molar-refractivity contribution < 1.29 is 0 Å². The highest BCUT2D eigenvalue weighted by Crippen LogP contribution is 2.35. The number of aromatic nitrogens is 3. The molecule has 0 aliphatic carbocycles. The van der Waals surface area contributed by atoms with Gasteiger partial charge in [0, 0.05) is 29.9 Å². The third kappa shape index (κ3) is 1.66. The maximum atomic E-state index is 5.97. The van der Waals surface area contributed by atoms with Crippen LogP contribution in [0.1, 0.15) is 17.5 Å². The number of aryl methyl sites for hydroxylation is 3. The lowest BCUT2D eigenvalue weighted by Crippen LogP contribution is -2.05. The van der Waals surface area contributed by atoms with Crippen molar-refractivity contribution in [2.24, 2.45) is 0 Å². The third-order valence-corrected chi connectivity index (χ3v) is 4.21.